The minimum atomic E-state index is -3.67. The van der Waals surface area contributed by atoms with Gasteiger partial charge in [0.2, 0.25) is 0 Å². The van der Waals surface area contributed by atoms with Crippen LogP contribution >= 0.6 is 6.83 Å². The molecule has 0 bridgehead atoms. The molecule has 0 aliphatic rings. The first-order valence-corrected chi connectivity index (χ1v) is 22.2. The zero-order valence-electron chi connectivity index (χ0n) is 34.0. The standard InChI is InChI=1S/C49H63NO4P/c1-48(2,3)40-49(4,5)43-29-31-44(32-30-43)53-37-36-52-35-34-50(6,39-42-21-11-7-12-22-42)33-19-20-38-55(54-41-51,45-23-13-8-14-24-45,46-25-15-9-16-26-46)47-27-17-10-18-28-47/h7-18,21-32,41H,19-20,33-40H2,1-6H3/q+1. The van der Waals surface area contributed by atoms with Gasteiger partial charge in [0.15, 0.2) is 0 Å². The Kier molecular flexibility index (Phi) is 14.1. The summed E-state index contributed by atoms with van der Waals surface area (Å²) in [6, 6.07) is 50.6. The molecule has 0 radical (unpaired) electrons. The van der Waals surface area contributed by atoms with Crippen LogP contribution in [-0.2, 0) is 26.0 Å². The average molecular weight is 761 g/mol. The van der Waals surface area contributed by atoms with E-state index in [-0.39, 0.29) is 10.8 Å². The largest absolute Gasteiger partial charge is 0.0548 e. The topological polar surface area (TPSA) is 44.8 Å². The number of hydrogen-bond donors (Lipinski definition) is 0. The van der Waals surface area contributed by atoms with Crippen LogP contribution in [0.1, 0.15) is 65.0 Å². The number of quaternary nitrogens is 1. The second kappa shape index (κ2) is 18.6. The Morgan fingerprint density at radius 2 is 1.11 bits per heavy atom. The van der Waals surface area contributed by atoms with Gasteiger partial charge in [-0.2, -0.15) is 0 Å². The third-order valence-corrected chi connectivity index (χ3v) is 16.9. The Bertz CT molecular complexity index is 1780. The molecule has 292 valence electrons. The molecule has 0 saturated heterocycles. The van der Waals surface area contributed by atoms with E-state index in [0.717, 1.165) is 71.2 Å². The first-order chi connectivity index (χ1) is 26.4. The average Bonchev–Trinajstić information content (AvgIpc) is 3.18. The molecule has 5 rings (SSSR count). The number of hydrogen-bond acceptors (Lipinski definition) is 4. The molecular formula is C49H63NO4P+. The van der Waals surface area contributed by atoms with E-state index >= 15 is 0 Å². The summed E-state index contributed by atoms with van der Waals surface area (Å²) >= 11 is 0. The Balaban J connectivity index is 1.26. The van der Waals surface area contributed by atoms with Gasteiger partial charge in [-0.25, -0.2) is 0 Å². The van der Waals surface area contributed by atoms with Crippen LogP contribution in [0.3, 0.4) is 0 Å². The summed E-state index contributed by atoms with van der Waals surface area (Å²) in [5.74, 6) is 0.876. The zero-order chi connectivity index (χ0) is 39.3. The zero-order valence-corrected chi connectivity index (χ0v) is 34.9. The van der Waals surface area contributed by atoms with E-state index in [0.29, 0.717) is 26.3 Å². The molecule has 1 unspecified atom stereocenters. The van der Waals surface area contributed by atoms with Crippen LogP contribution < -0.4 is 20.7 Å². The van der Waals surface area contributed by atoms with Crippen molar-refractivity contribution >= 4 is 29.2 Å². The van der Waals surface area contributed by atoms with Gasteiger partial charge >= 0.3 is 251 Å². The van der Waals surface area contributed by atoms with E-state index in [2.05, 4.69) is 169 Å². The van der Waals surface area contributed by atoms with Crippen LogP contribution in [0.5, 0.6) is 5.75 Å². The fourth-order valence-corrected chi connectivity index (χ4v) is 14.2. The molecule has 0 aliphatic carbocycles. The van der Waals surface area contributed by atoms with Crippen molar-refractivity contribution in [2.45, 2.75) is 65.8 Å². The monoisotopic (exact) mass is 760 g/mol. The Hall–Kier alpha value is -4.28. The van der Waals surface area contributed by atoms with Crippen molar-refractivity contribution in [2.24, 2.45) is 5.41 Å². The molecule has 6 heteroatoms. The summed E-state index contributed by atoms with van der Waals surface area (Å²) in [5.41, 5.74) is 3.01. The van der Waals surface area contributed by atoms with Crippen molar-refractivity contribution < 1.29 is 23.3 Å². The molecule has 0 fully saturated rings. The Labute approximate surface area is 331 Å². The molecule has 55 heavy (non-hydrogen) atoms. The SMILES string of the molecule is CC(C)(C)CC(C)(C)c1ccc(OCCOCC[N+](C)(CCCCP(OC=O)(c2ccccc2)(c2ccccc2)c2ccccc2)Cc2ccccc2)cc1. The van der Waals surface area contributed by atoms with Crippen molar-refractivity contribution in [2.75, 3.05) is 46.1 Å². The maximum absolute atomic E-state index is 12.7. The number of carbonyl (C=O) groups is 1. The second-order valence-electron chi connectivity index (χ2n) is 17.2. The van der Waals surface area contributed by atoms with E-state index in [1.165, 1.54) is 11.1 Å². The summed E-state index contributed by atoms with van der Waals surface area (Å²) < 4.78 is 19.8. The van der Waals surface area contributed by atoms with Gasteiger partial charge in [-0.05, 0) is 34.9 Å². The molecule has 5 nitrogen and oxygen atoms in total. The molecule has 0 aromatic heterocycles. The summed E-state index contributed by atoms with van der Waals surface area (Å²) in [6.45, 7) is 13.0. The van der Waals surface area contributed by atoms with Crippen molar-refractivity contribution in [3.8, 4) is 5.75 Å². The first kappa shape index (κ1) is 41.9. The van der Waals surface area contributed by atoms with Gasteiger partial charge in [0, 0.05) is 0 Å². The smallest absolute Gasteiger partial charge is 0.0197 e. The van der Waals surface area contributed by atoms with Crippen molar-refractivity contribution in [1.82, 2.24) is 0 Å². The van der Waals surface area contributed by atoms with Crippen LogP contribution in [0, 0.1) is 5.41 Å². The van der Waals surface area contributed by atoms with Crippen molar-refractivity contribution in [1.29, 1.82) is 0 Å². The molecule has 0 aliphatic heterocycles. The van der Waals surface area contributed by atoms with Gasteiger partial charge in [-0.3, -0.25) is 0 Å². The van der Waals surface area contributed by atoms with Gasteiger partial charge in [-0.15, -0.1) is 0 Å². The summed E-state index contributed by atoms with van der Waals surface area (Å²) in [7, 11) is 2.34. The van der Waals surface area contributed by atoms with E-state index in [1.807, 2.05) is 18.2 Å². The molecule has 0 N–H and O–H groups in total. The van der Waals surface area contributed by atoms with E-state index in [9.17, 15) is 4.79 Å². The number of ether oxygens (including phenoxy) is 2. The van der Waals surface area contributed by atoms with Gasteiger partial charge < -0.3 is 0 Å². The number of likely N-dealkylation sites (N-methyl/N-ethyl adjacent to an activating group) is 1. The molecule has 0 amide bonds. The van der Waals surface area contributed by atoms with Gasteiger partial charge in [0.25, 0.3) is 0 Å². The fourth-order valence-electron chi connectivity index (χ4n) is 8.63. The van der Waals surface area contributed by atoms with Crippen LogP contribution in [0.25, 0.3) is 0 Å². The molecule has 5 aromatic rings. The fraction of sp³-hybridized carbons (Fsp3) is 0.367. The van der Waals surface area contributed by atoms with E-state index < -0.39 is 6.83 Å². The number of unbranched alkanes of at least 4 members (excludes halogenated alkanes) is 1. The number of benzene rings is 5. The normalized spacial score (nSPS) is 14.0. The summed E-state index contributed by atoms with van der Waals surface area (Å²) in [5, 5.41) is 3.20. The molecule has 0 saturated carbocycles. The Morgan fingerprint density at radius 3 is 1.60 bits per heavy atom. The molecule has 1 atom stereocenters. The van der Waals surface area contributed by atoms with E-state index in [4.69, 9.17) is 14.0 Å². The van der Waals surface area contributed by atoms with Crippen molar-refractivity contribution in [3.05, 3.63) is 157 Å². The maximum Gasteiger partial charge on any atom is -0.0197 e. The van der Waals surface area contributed by atoms with E-state index in [1.54, 1.807) is 0 Å². The summed E-state index contributed by atoms with van der Waals surface area (Å²) in [6.07, 6.45) is 3.67. The van der Waals surface area contributed by atoms with Crippen LogP contribution in [0.15, 0.2) is 146 Å². The van der Waals surface area contributed by atoms with Crippen LogP contribution in [0.4, 0.5) is 0 Å². The summed E-state index contributed by atoms with van der Waals surface area (Å²) in [4.78, 5) is 12.7. The minimum Gasteiger partial charge on any atom is -0.0548 e. The van der Waals surface area contributed by atoms with Crippen LogP contribution in [0.2, 0.25) is 0 Å². The first-order valence-electron chi connectivity index (χ1n) is 19.9. The number of rotatable bonds is 21. The maximum atomic E-state index is 12.7. The predicted molar refractivity (Wildman–Crippen MR) is 232 cm³/mol. The van der Waals surface area contributed by atoms with Crippen LogP contribution in [-0.4, -0.2) is 57.1 Å². The van der Waals surface area contributed by atoms with Crippen molar-refractivity contribution in [3.63, 3.8) is 0 Å². The number of carbonyl (C=O) groups excluding carboxylic acids is 1. The third-order valence-electron chi connectivity index (χ3n) is 11.0. The second-order valence-corrected chi connectivity index (χ2v) is 21.8. The quantitative estimate of drug-likeness (QED) is 0.0324. The predicted octanol–water partition coefficient (Wildman–Crippen LogP) is 9.84. The van der Waals surface area contributed by atoms with Gasteiger partial charge in [-0.1, -0.05) is 46.8 Å². The minimum absolute atomic E-state index is 0.103. The Morgan fingerprint density at radius 1 is 0.600 bits per heavy atom. The molecule has 0 heterocycles. The molecule has 0 spiro atoms. The van der Waals surface area contributed by atoms with Gasteiger partial charge in [0.1, 0.15) is 0 Å². The van der Waals surface area contributed by atoms with Gasteiger partial charge in [0.05, 0.1) is 0 Å². The molecular weight excluding hydrogens is 698 g/mol. The number of nitrogens with zero attached hydrogens (tertiary/aromatic N) is 1. The third kappa shape index (κ3) is 10.5. The molecule has 5 aromatic carbocycles.